The van der Waals surface area contributed by atoms with Gasteiger partial charge in [0.05, 0.1) is 20.3 Å². The highest BCUT2D eigenvalue weighted by atomic mass is 35.5. The number of benzene rings is 1. The molecule has 2 fully saturated rings. The average Bonchev–Trinajstić information content (AvgIpc) is 3.04. The van der Waals surface area contributed by atoms with Crippen LogP contribution >= 0.6 is 34.5 Å². The summed E-state index contributed by atoms with van der Waals surface area (Å²) in [6.07, 6.45) is 0. The maximum atomic E-state index is 12.5. The SMILES string of the molecule is Cc1[nH]c(C(=O)N[C@@H]2[C@@H]3CN(c4nc5ccccc5s4)C[C@@H]32)c(Cl)c1Cl. The highest BCUT2D eigenvalue weighted by Crippen LogP contribution is 2.48. The second-order valence-corrected chi connectivity index (χ2v) is 8.71. The van der Waals surface area contributed by atoms with Crippen LogP contribution in [-0.4, -0.2) is 35.0 Å². The number of aromatic nitrogens is 2. The van der Waals surface area contributed by atoms with Crippen molar-refractivity contribution in [2.45, 2.75) is 13.0 Å². The number of carbonyl (C=O) groups is 1. The van der Waals surface area contributed by atoms with E-state index >= 15 is 0 Å². The van der Waals surface area contributed by atoms with Gasteiger partial charge in [0.25, 0.3) is 5.91 Å². The molecule has 3 atom stereocenters. The number of aryl methyl sites for hydroxylation is 1. The Balaban J connectivity index is 1.25. The summed E-state index contributed by atoms with van der Waals surface area (Å²) in [5.74, 6) is 0.753. The molecule has 3 heterocycles. The minimum Gasteiger partial charge on any atom is -0.352 e. The number of nitrogens with one attached hydrogen (secondary N) is 2. The Kier molecular flexibility index (Phi) is 3.71. The summed E-state index contributed by atoms with van der Waals surface area (Å²) in [5, 5.41) is 4.87. The minimum atomic E-state index is -0.184. The number of aromatic amines is 1. The van der Waals surface area contributed by atoms with Crippen molar-refractivity contribution in [1.82, 2.24) is 15.3 Å². The van der Waals surface area contributed by atoms with Crippen LogP contribution in [0.25, 0.3) is 10.2 Å². The Bertz CT molecular complexity index is 985. The molecular weight excluding hydrogens is 391 g/mol. The third kappa shape index (κ3) is 2.51. The minimum absolute atomic E-state index is 0.184. The monoisotopic (exact) mass is 406 g/mol. The molecule has 8 heteroatoms. The van der Waals surface area contributed by atoms with Crippen LogP contribution in [0.4, 0.5) is 5.13 Å². The van der Waals surface area contributed by atoms with Crippen LogP contribution in [0.3, 0.4) is 0 Å². The molecule has 1 aromatic carbocycles. The van der Waals surface area contributed by atoms with E-state index in [0.717, 1.165) is 23.7 Å². The van der Waals surface area contributed by atoms with E-state index in [0.29, 0.717) is 33.3 Å². The molecule has 1 saturated heterocycles. The molecule has 1 aliphatic heterocycles. The first kappa shape index (κ1) is 16.4. The summed E-state index contributed by atoms with van der Waals surface area (Å²) in [7, 11) is 0. The second-order valence-electron chi connectivity index (χ2n) is 6.95. The van der Waals surface area contributed by atoms with Gasteiger partial charge in [0, 0.05) is 36.7 Å². The largest absolute Gasteiger partial charge is 0.352 e. The third-order valence-electron chi connectivity index (χ3n) is 5.33. The van der Waals surface area contributed by atoms with Crippen LogP contribution in [0.15, 0.2) is 24.3 Å². The van der Waals surface area contributed by atoms with Gasteiger partial charge >= 0.3 is 0 Å². The van der Waals surface area contributed by atoms with Crippen molar-refractivity contribution in [3.63, 3.8) is 0 Å². The lowest BCUT2D eigenvalue weighted by molar-refractivity contribution is 0.0942. The molecule has 2 aromatic heterocycles. The Labute approximate surface area is 164 Å². The molecule has 26 heavy (non-hydrogen) atoms. The van der Waals surface area contributed by atoms with Crippen LogP contribution in [0.1, 0.15) is 16.2 Å². The number of hydrogen-bond acceptors (Lipinski definition) is 4. The van der Waals surface area contributed by atoms with E-state index in [1.807, 2.05) is 18.2 Å². The van der Waals surface area contributed by atoms with E-state index in [-0.39, 0.29) is 11.9 Å². The van der Waals surface area contributed by atoms with Gasteiger partial charge in [-0.15, -0.1) is 0 Å². The van der Waals surface area contributed by atoms with E-state index in [9.17, 15) is 4.79 Å². The number of hydrogen-bond donors (Lipinski definition) is 2. The predicted molar refractivity (Wildman–Crippen MR) is 106 cm³/mol. The number of H-pyrrole nitrogens is 1. The van der Waals surface area contributed by atoms with Gasteiger partial charge < -0.3 is 15.2 Å². The van der Waals surface area contributed by atoms with Crippen molar-refractivity contribution in [3.8, 4) is 0 Å². The first-order chi connectivity index (χ1) is 12.5. The van der Waals surface area contributed by atoms with Crippen LogP contribution < -0.4 is 10.2 Å². The molecule has 0 spiro atoms. The van der Waals surface area contributed by atoms with Crippen LogP contribution in [0, 0.1) is 18.8 Å². The van der Waals surface area contributed by atoms with Crippen LogP contribution in [0.2, 0.25) is 10.0 Å². The van der Waals surface area contributed by atoms with Gasteiger partial charge in [0.2, 0.25) is 0 Å². The number of halogens is 2. The summed E-state index contributed by atoms with van der Waals surface area (Å²) in [4.78, 5) is 22.5. The first-order valence-electron chi connectivity index (χ1n) is 8.48. The smallest absolute Gasteiger partial charge is 0.269 e. The highest BCUT2D eigenvalue weighted by Gasteiger charge is 2.57. The van der Waals surface area contributed by atoms with Crippen molar-refractivity contribution in [2.75, 3.05) is 18.0 Å². The van der Waals surface area contributed by atoms with Crippen LogP contribution in [0.5, 0.6) is 0 Å². The number of amides is 1. The molecule has 0 radical (unpaired) electrons. The number of para-hydroxylation sites is 1. The Morgan fingerprint density at radius 3 is 2.65 bits per heavy atom. The Morgan fingerprint density at radius 1 is 1.27 bits per heavy atom. The number of rotatable bonds is 3. The summed E-state index contributed by atoms with van der Waals surface area (Å²) in [6.45, 7) is 3.65. The maximum absolute atomic E-state index is 12.5. The second kappa shape index (κ2) is 5.87. The van der Waals surface area contributed by atoms with Gasteiger partial charge in [-0.2, -0.15) is 0 Å². The normalized spacial score (nSPS) is 24.1. The Morgan fingerprint density at radius 2 is 2.00 bits per heavy atom. The fourth-order valence-corrected chi connectivity index (χ4v) is 5.24. The lowest BCUT2D eigenvalue weighted by Crippen LogP contribution is -2.34. The van der Waals surface area contributed by atoms with Gasteiger partial charge in [-0.25, -0.2) is 4.98 Å². The van der Waals surface area contributed by atoms with Crippen molar-refractivity contribution < 1.29 is 4.79 Å². The first-order valence-corrected chi connectivity index (χ1v) is 10.0. The standard InChI is InChI=1S/C18H16Cl2N4OS/c1-8-13(19)14(20)16(21-8)17(25)23-15-9-6-24(7-10(9)15)18-22-11-4-2-3-5-12(11)26-18/h2-5,9-10,15,21H,6-7H2,1H3,(H,23,25)/t9-,10+,15-. The van der Waals surface area contributed by atoms with E-state index in [1.165, 1.54) is 4.70 Å². The quantitative estimate of drug-likeness (QED) is 0.687. The molecule has 5 rings (SSSR count). The number of piperidine rings is 1. The van der Waals surface area contributed by atoms with Gasteiger partial charge in [0.1, 0.15) is 5.69 Å². The summed E-state index contributed by atoms with van der Waals surface area (Å²) < 4.78 is 1.21. The fraction of sp³-hybridized carbons (Fsp3) is 0.333. The molecule has 2 N–H and O–H groups in total. The lowest BCUT2D eigenvalue weighted by atomic mass is 10.3. The van der Waals surface area contributed by atoms with Crippen molar-refractivity contribution in [1.29, 1.82) is 0 Å². The maximum Gasteiger partial charge on any atom is 0.269 e. The third-order valence-corrected chi connectivity index (χ3v) is 7.37. The number of thiazole rings is 1. The van der Waals surface area contributed by atoms with Crippen LogP contribution in [-0.2, 0) is 0 Å². The predicted octanol–water partition coefficient (Wildman–Crippen LogP) is 4.10. The summed E-state index contributed by atoms with van der Waals surface area (Å²) >= 11 is 13.9. The van der Waals surface area contributed by atoms with Crippen molar-refractivity contribution >= 4 is 55.8 Å². The molecule has 0 unspecified atom stereocenters. The topological polar surface area (TPSA) is 61.0 Å². The van der Waals surface area contributed by atoms with Gasteiger partial charge in [-0.1, -0.05) is 46.7 Å². The van der Waals surface area contributed by atoms with E-state index in [2.05, 4.69) is 21.3 Å². The van der Waals surface area contributed by atoms with Gasteiger partial charge in [-0.05, 0) is 19.1 Å². The van der Waals surface area contributed by atoms with Gasteiger partial charge in [0.15, 0.2) is 5.13 Å². The summed E-state index contributed by atoms with van der Waals surface area (Å²) in [5.41, 5.74) is 2.11. The molecule has 0 bridgehead atoms. The van der Waals surface area contributed by atoms with Crippen molar-refractivity contribution in [2.24, 2.45) is 11.8 Å². The molecule has 5 nitrogen and oxygen atoms in total. The van der Waals surface area contributed by atoms with Crippen molar-refractivity contribution in [3.05, 3.63) is 45.7 Å². The van der Waals surface area contributed by atoms with E-state index < -0.39 is 0 Å². The fourth-order valence-electron chi connectivity index (χ4n) is 3.84. The van der Waals surface area contributed by atoms with E-state index in [1.54, 1.807) is 18.3 Å². The lowest BCUT2D eigenvalue weighted by Gasteiger charge is -2.19. The molecule has 1 saturated carbocycles. The molecule has 1 amide bonds. The zero-order valence-corrected chi connectivity index (χ0v) is 16.3. The van der Waals surface area contributed by atoms with Gasteiger partial charge in [-0.3, -0.25) is 4.79 Å². The number of anilines is 1. The molecule has 1 aliphatic carbocycles. The molecule has 3 aromatic rings. The Hall–Kier alpha value is -1.76. The number of carbonyl (C=O) groups excluding carboxylic acids is 1. The summed E-state index contributed by atoms with van der Waals surface area (Å²) in [6, 6.07) is 8.40. The zero-order valence-electron chi connectivity index (χ0n) is 13.9. The average molecular weight is 407 g/mol. The molecule has 134 valence electrons. The number of fused-ring (bicyclic) bond motifs is 2. The number of nitrogens with zero attached hydrogens (tertiary/aromatic N) is 2. The zero-order chi connectivity index (χ0) is 18.0. The molecule has 2 aliphatic rings. The highest BCUT2D eigenvalue weighted by molar-refractivity contribution is 7.22. The molecular formula is C18H16Cl2N4OS. The van der Waals surface area contributed by atoms with E-state index in [4.69, 9.17) is 28.2 Å².